The fraction of sp³-hybridized carbons (Fsp3) is 0.286. The summed E-state index contributed by atoms with van der Waals surface area (Å²) in [6.07, 6.45) is 0. The zero-order valence-electron chi connectivity index (χ0n) is 6.03. The van der Waals surface area contributed by atoms with Gasteiger partial charge in [-0.15, -0.1) is 0 Å². The van der Waals surface area contributed by atoms with Crippen molar-refractivity contribution in [3.63, 3.8) is 0 Å². The average Bonchev–Trinajstić information content (AvgIpc) is 1.88. The molecule has 1 heterocycles. The summed E-state index contributed by atoms with van der Waals surface area (Å²) in [6.45, 7) is 1.94. The van der Waals surface area contributed by atoms with Crippen LogP contribution in [-0.2, 0) is 0 Å². The van der Waals surface area contributed by atoms with Crippen LogP contribution in [0, 0.1) is 12.1 Å². The minimum Gasteiger partial charge on any atom is -0.758 e. The maximum Gasteiger partial charge on any atom is 0.0333 e. The predicted octanol–water partition coefficient (Wildman–Crippen LogP) is 2.51. The van der Waals surface area contributed by atoms with Crippen molar-refractivity contribution in [3.05, 3.63) is 28.4 Å². The molecule has 0 saturated heterocycles. The van der Waals surface area contributed by atoms with E-state index in [2.05, 4.69) is 0 Å². The molecule has 0 spiro atoms. The molecule has 0 atom stereocenters. The van der Waals surface area contributed by atoms with Crippen molar-refractivity contribution in [3.8, 4) is 0 Å². The van der Waals surface area contributed by atoms with Crippen molar-refractivity contribution in [1.82, 2.24) is 0 Å². The van der Waals surface area contributed by atoms with Gasteiger partial charge in [-0.1, -0.05) is 14.3 Å². The van der Waals surface area contributed by atoms with Crippen molar-refractivity contribution in [2.45, 2.75) is 6.92 Å². The van der Waals surface area contributed by atoms with E-state index in [-0.39, 0.29) is 0 Å². The van der Waals surface area contributed by atoms with E-state index in [4.69, 9.17) is 0 Å². The van der Waals surface area contributed by atoms with Gasteiger partial charge in [0.05, 0.1) is 0 Å². The lowest BCUT2D eigenvalue weighted by Crippen LogP contribution is -2.06. The number of hydroxylamine groups is 1. The third kappa shape index (κ3) is 1.47. The van der Waals surface area contributed by atoms with Gasteiger partial charge >= 0.3 is 0 Å². The minimum atomic E-state index is 0.782. The average molecular weight is 154 g/mol. The number of hydrogen-bond acceptors (Lipinski definition) is 2. The SMILES string of the molecule is Cc1ccpcc1N(C)[O-]. The molecule has 2 nitrogen and oxygen atoms in total. The number of hydrogen-bond donors (Lipinski definition) is 0. The van der Waals surface area contributed by atoms with E-state index >= 15 is 0 Å². The molecule has 0 aliphatic carbocycles. The van der Waals surface area contributed by atoms with Gasteiger partial charge < -0.3 is 10.3 Å². The topological polar surface area (TPSA) is 26.3 Å². The number of rotatable bonds is 1. The predicted molar refractivity (Wildman–Crippen MR) is 45.5 cm³/mol. The Bertz CT molecular complexity index is 225. The Labute approximate surface area is 62.2 Å². The molecule has 0 N–H and O–H groups in total. The molecule has 0 radical (unpaired) electrons. The van der Waals surface area contributed by atoms with Crippen LogP contribution < -0.4 is 5.06 Å². The van der Waals surface area contributed by atoms with Crippen molar-refractivity contribution in [2.75, 3.05) is 12.1 Å². The second kappa shape index (κ2) is 3.00. The van der Waals surface area contributed by atoms with Gasteiger partial charge in [-0.05, 0) is 31.1 Å². The second-order valence-electron chi connectivity index (χ2n) is 2.16. The van der Waals surface area contributed by atoms with Gasteiger partial charge in [-0.25, -0.2) is 0 Å². The van der Waals surface area contributed by atoms with E-state index in [0.29, 0.717) is 0 Å². The Morgan fingerprint density at radius 3 is 2.70 bits per heavy atom. The highest BCUT2D eigenvalue weighted by atomic mass is 31.0. The first-order chi connectivity index (χ1) is 4.72. The third-order valence-corrected chi connectivity index (χ3v) is 2.07. The largest absolute Gasteiger partial charge is 0.758 e. The maximum atomic E-state index is 10.8. The van der Waals surface area contributed by atoms with Gasteiger partial charge in [0.1, 0.15) is 0 Å². The first-order valence-electron chi connectivity index (χ1n) is 3.03. The van der Waals surface area contributed by atoms with E-state index in [9.17, 15) is 5.21 Å². The summed E-state index contributed by atoms with van der Waals surface area (Å²) in [6, 6.07) is 1.96. The Morgan fingerprint density at radius 1 is 1.60 bits per heavy atom. The third-order valence-electron chi connectivity index (χ3n) is 1.35. The van der Waals surface area contributed by atoms with Crippen LogP contribution in [0.5, 0.6) is 0 Å². The molecule has 0 unspecified atom stereocenters. The second-order valence-corrected chi connectivity index (χ2v) is 3.01. The van der Waals surface area contributed by atoms with Crippen LogP contribution in [0.4, 0.5) is 5.69 Å². The lowest BCUT2D eigenvalue weighted by molar-refractivity contribution is 1.20. The highest BCUT2D eigenvalue weighted by Gasteiger charge is 1.92. The van der Waals surface area contributed by atoms with Gasteiger partial charge in [0.2, 0.25) is 0 Å². The highest BCUT2D eigenvalue weighted by molar-refractivity contribution is 7.28. The van der Waals surface area contributed by atoms with Crippen molar-refractivity contribution >= 4 is 13.9 Å². The zero-order valence-corrected chi connectivity index (χ0v) is 6.93. The highest BCUT2D eigenvalue weighted by Crippen LogP contribution is 2.21. The van der Waals surface area contributed by atoms with Crippen LogP contribution in [0.3, 0.4) is 0 Å². The molecule has 0 aliphatic heterocycles. The first kappa shape index (κ1) is 7.52. The van der Waals surface area contributed by atoms with E-state index in [0.717, 1.165) is 24.5 Å². The van der Waals surface area contributed by atoms with Crippen LogP contribution in [0.25, 0.3) is 0 Å². The quantitative estimate of drug-likeness (QED) is 0.581. The molecule has 0 aliphatic rings. The number of anilines is 1. The fourth-order valence-corrected chi connectivity index (χ4v) is 1.69. The Hall–Kier alpha value is -0.590. The molecular weight excluding hydrogens is 145 g/mol. The summed E-state index contributed by atoms with van der Waals surface area (Å²) >= 11 is 0. The summed E-state index contributed by atoms with van der Waals surface area (Å²) in [5, 5.41) is 11.7. The molecule has 3 heteroatoms. The summed E-state index contributed by atoms with van der Waals surface area (Å²) in [5.41, 5.74) is 1.82. The molecular formula is C7H9NOP-. The minimum absolute atomic E-state index is 0.782. The summed E-state index contributed by atoms with van der Waals surface area (Å²) in [7, 11) is 2.61. The van der Waals surface area contributed by atoms with E-state index in [1.165, 1.54) is 7.05 Å². The zero-order chi connectivity index (χ0) is 7.56. The van der Waals surface area contributed by atoms with Crippen LogP contribution in [0.15, 0.2) is 17.7 Å². The lowest BCUT2D eigenvalue weighted by atomic mass is 10.3. The van der Waals surface area contributed by atoms with Gasteiger partial charge in [0, 0.05) is 5.69 Å². The Morgan fingerprint density at radius 2 is 2.30 bits per heavy atom. The molecule has 54 valence electrons. The van der Waals surface area contributed by atoms with E-state index < -0.39 is 0 Å². The van der Waals surface area contributed by atoms with Crippen molar-refractivity contribution < 1.29 is 0 Å². The molecule has 0 fully saturated rings. The molecule has 1 aromatic heterocycles. The van der Waals surface area contributed by atoms with Crippen LogP contribution >= 0.6 is 8.19 Å². The molecule has 1 rings (SSSR count). The van der Waals surface area contributed by atoms with Crippen LogP contribution in [-0.4, -0.2) is 7.05 Å². The number of aryl methyl sites for hydroxylation is 1. The maximum absolute atomic E-state index is 10.8. The molecule has 0 saturated carbocycles. The fourth-order valence-electron chi connectivity index (χ4n) is 0.785. The van der Waals surface area contributed by atoms with E-state index in [1.807, 2.05) is 24.6 Å². The van der Waals surface area contributed by atoms with Gasteiger partial charge in [-0.3, -0.25) is 0 Å². The van der Waals surface area contributed by atoms with Crippen LogP contribution in [0.1, 0.15) is 5.56 Å². The smallest absolute Gasteiger partial charge is 0.0333 e. The van der Waals surface area contributed by atoms with E-state index in [1.54, 1.807) is 0 Å². The first-order valence-corrected chi connectivity index (χ1v) is 4.06. The van der Waals surface area contributed by atoms with Crippen LogP contribution in [0.2, 0.25) is 0 Å². The normalized spacial score (nSPS) is 10.3. The van der Waals surface area contributed by atoms with Gasteiger partial charge in [0.25, 0.3) is 0 Å². The monoisotopic (exact) mass is 154 g/mol. The van der Waals surface area contributed by atoms with Crippen molar-refractivity contribution in [2.24, 2.45) is 0 Å². The Balaban J connectivity index is 3.03. The van der Waals surface area contributed by atoms with Crippen molar-refractivity contribution in [1.29, 1.82) is 0 Å². The molecule has 1 aromatic rings. The number of nitrogens with zero attached hydrogens (tertiary/aromatic N) is 1. The lowest BCUT2D eigenvalue weighted by Gasteiger charge is -2.26. The Kier molecular flexibility index (Phi) is 2.25. The standard InChI is InChI=1S/C7H9NOP/c1-6-3-4-10-5-7(6)8(2)9/h3-5H,1-2H3/q-1. The molecule has 10 heavy (non-hydrogen) atoms. The molecule has 0 aromatic carbocycles. The van der Waals surface area contributed by atoms with Gasteiger partial charge in [-0.2, -0.15) is 0 Å². The summed E-state index contributed by atoms with van der Waals surface area (Å²) < 4.78 is 0. The van der Waals surface area contributed by atoms with Gasteiger partial charge in [0.15, 0.2) is 0 Å². The molecule has 0 amide bonds. The summed E-state index contributed by atoms with van der Waals surface area (Å²) in [5.74, 6) is 3.92. The molecule has 0 bridgehead atoms. The summed E-state index contributed by atoms with van der Waals surface area (Å²) in [4.78, 5) is 0.